The molecule has 142 valence electrons. The molecule has 1 fully saturated rings. The summed E-state index contributed by atoms with van der Waals surface area (Å²) in [7, 11) is 2.07. The number of aromatic hydroxyl groups is 1. The van der Waals surface area contributed by atoms with E-state index < -0.39 is 0 Å². The first-order valence-electron chi connectivity index (χ1n) is 9.30. The van der Waals surface area contributed by atoms with Crippen molar-refractivity contribution in [3.63, 3.8) is 0 Å². The van der Waals surface area contributed by atoms with E-state index in [-0.39, 0.29) is 11.7 Å². The van der Waals surface area contributed by atoms with Crippen LogP contribution in [-0.4, -0.2) is 64.0 Å². The zero-order valence-corrected chi connectivity index (χ0v) is 15.7. The van der Waals surface area contributed by atoms with Crippen LogP contribution in [0.15, 0.2) is 60.9 Å². The van der Waals surface area contributed by atoms with Crippen LogP contribution in [0.5, 0.6) is 5.75 Å². The van der Waals surface area contributed by atoms with Gasteiger partial charge in [-0.15, -0.1) is 0 Å². The van der Waals surface area contributed by atoms with Gasteiger partial charge in [-0.25, -0.2) is 4.98 Å². The van der Waals surface area contributed by atoms with Crippen molar-refractivity contribution >= 4 is 5.91 Å². The SMILES string of the molecule is CN1CCN(C(=O)c2cccc(-c3cncc(-c4ccc(O)cc4)n3)c2)CC1. The molecule has 0 unspecified atom stereocenters. The first-order valence-corrected chi connectivity index (χ1v) is 9.30. The van der Waals surface area contributed by atoms with E-state index in [1.807, 2.05) is 29.2 Å². The Morgan fingerprint density at radius 2 is 1.61 bits per heavy atom. The molecule has 0 saturated carbocycles. The fourth-order valence-electron chi connectivity index (χ4n) is 3.28. The standard InChI is InChI=1S/C22H22N4O2/c1-25-9-11-26(12-10-25)22(28)18-4-2-3-17(13-18)21-15-23-14-20(24-21)16-5-7-19(27)8-6-16/h2-8,13-15,27H,9-12H2,1H3. The third-order valence-electron chi connectivity index (χ3n) is 4.99. The van der Waals surface area contributed by atoms with E-state index in [1.165, 1.54) is 0 Å². The number of hydrogen-bond acceptors (Lipinski definition) is 5. The molecule has 1 aliphatic heterocycles. The van der Waals surface area contributed by atoms with Crippen LogP contribution in [0.25, 0.3) is 22.5 Å². The van der Waals surface area contributed by atoms with Crippen LogP contribution < -0.4 is 0 Å². The van der Waals surface area contributed by atoms with Crippen LogP contribution in [-0.2, 0) is 0 Å². The number of nitrogens with zero attached hydrogens (tertiary/aromatic N) is 4. The molecule has 6 heteroatoms. The molecule has 6 nitrogen and oxygen atoms in total. The zero-order chi connectivity index (χ0) is 19.5. The van der Waals surface area contributed by atoms with Gasteiger partial charge >= 0.3 is 0 Å². The lowest BCUT2D eigenvalue weighted by Crippen LogP contribution is -2.47. The van der Waals surface area contributed by atoms with Gasteiger partial charge in [0.15, 0.2) is 0 Å². The minimum Gasteiger partial charge on any atom is -0.508 e. The van der Waals surface area contributed by atoms with Crippen LogP contribution in [0.2, 0.25) is 0 Å². The number of piperazine rings is 1. The van der Waals surface area contributed by atoms with Gasteiger partial charge < -0.3 is 14.9 Å². The summed E-state index contributed by atoms with van der Waals surface area (Å²) in [6.07, 6.45) is 3.39. The zero-order valence-electron chi connectivity index (χ0n) is 15.7. The third kappa shape index (κ3) is 3.87. The van der Waals surface area contributed by atoms with Crippen LogP contribution >= 0.6 is 0 Å². The molecule has 0 radical (unpaired) electrons. The van der Waals surface area contributed by atoms with Gasteiger partial charge in [0.2, 0.25) is 0 Å². The topological polar surface area (TPSA) is 69.6 Å². The van der Waals surface area contributed by atoms with Gasteiger partial charge in [0.25, 0.3) is 5.91 Å². The number of amides is 1. The summed E-state index contributed by atoms with van der Waals surface area (Å²) in [5, 5.41) is 9.47. The number of hydrogen-bond donors (Lipinski definition) is 1. The average molecular weight is 374 g/mol. The predicted molar refractivity (Wildman–Crippen MR) is 108 cm³/mol. The fraction of sp³-hybridized carbons (Fsp3) is 0.227. The van der Waals surface area contributed by atoms with Gasteiger partial charge in [0.05, 0.1) is 23.8 Å². The summed E-state index contributed by atoms with van der Waals surface area (Å²) in [5.41, 5.74) is 3.82. The summed E-state index contributed by atoms with van der Waals surface area (Å²) >= 11 is 0. The van der Waals surface area contributed by atoms with Crippen molar-refractivity contribution in [2.24, 2.45) is 0 Å². The van der Waals surface area contributed by atoms with Crippen LogP contribution in [0.3, 0.4) is 0 Å². The van der Waals surface area contributed by atoms with Crippen molar-refractivity contribution < 1.29 is 9.90 Å². The minimum atomic E-state index is 0.0533. The Kier molecular flexibility index (Phi) is 5.04. The van der Waals surface area contributed by atoms with E-state index in [1.54, 1.807) is 36.7 Å². The number of likely N-dealkylation sites (N-methyl/N-ethyl adjacent to an activating group) is 1. The normalized spacial score (nSPS) is 14.8. The molecule has 1 aromatic heterocycles. The van der Waals surface area contributed by atoms with Gasteiger partial charge in [-0.3, -0.25) is 9.78 Å². The molecule has 0 bridgehead atoms. The smallest absolute Gasteiger partial charge is 0.253 e. The van der Waals surface area contributed by atoms with Crippen molar-refractivity contribution in [2.45, 2.75) is 0 Å². The Labute approximate surface area is 164 Å². The lowest BCUT2D eigenvalue weighted by Gasteiger charge is -2.32. The van der Waals surface area contributed by atoms with Gasteiger partial charge in [0, 0.05) is 42.9 Å². The maximum Gasteiger partial charge on any atom is 0.253 e. The molecule has 28 heavy (non-hydrogen) atoms. The number of benzene rings is 2. The maximum absolute atomic E-state index is 12.9. The summed E-state index contributed by atoms with van der Waals surface area (Å²) in [6, 6.07) is 14.4. The second kappa shape index (κ2) is 7.78. The number of phenolic OH excluding ortho intramolecular Hbond substituents is 1. The highest BCUT2D eigenvalue weighted by atomic mass is 16.3. The molecule has 3 aromatic rings. The van der Waals surface area contributed by atoms with E-state index in [9.17, 15) is 9.90 Å². The lowest BCUT2D eigenvalue weighted by atomic mass is 10.1. The van der Waals surface area contributed by atoms with Gasteiger partial charge in [0.1, 0.15) is 5.75 Å². The van der Waals surface area contributed by atoms with E-state index >= 15 is 0 Å². The lowest BCUT2D eigenvalue weighted by molar-refractivity contribution is 0.0664. The highest BCUT2D eigenvalue weighted by Crippen LogP contribution is 2.24. The molecule has 2 heterocycles. The Morgan fingerprint density at radius 1 is 0.929 bits per heavy atom. The van der Waals surface area contributed by atoms with Crippen LogP contribution in [0, 0.1) is 0 Å². The summed E-state index contributed by atoms with van der Waals surface area (Å²) in [5.74, 6) is 0.264. The van der Waals surface area contributed by atoms with Crippen molar-refractivity contribution in [3.05, 3.63) is 66.5 Å². The molecule has 4 rings (SSSR count). The quantitative estimate of drug-likeness (QED) is 0.763. The molecule has 1 aliphatic rings. The highest BCUT2D eigenvalue weighted by Gasteiger charge is 2.20. The second-order valence-electron chi connectivity index (χ2n) is 7.01. The molecule has 0 atom stereocenters. The van der Waals surface area contributed by atoms with Gasteiger partial charge in [-0.05, 0) is 43.4 Å². The van der Waals surface area contributed by atoms with Crippen molar-refractivity contribution in [1.82, 2.24) is 19.8 Å². The third-order valence-corrected chi connectivity index (χ3v) is 4.99. The first-order chi connectivity index (χ1) is 13.6. The summed E-state index contributed by atoms with van der Waals surface area (Å²) in [4.78, 5) is 26.0. The van der Waals surface area contributed by atoms with Crippen molar-refractivity contribution in [2.75, 3.05) is 33.2 Å². The van der Waals surface area contributed by atoms with E-state index in [4.69, 9.17) is 4.98 Å². The Hall–Kier alpha value is -3.25. The van der Waals surface area contributed by atoms with E-state index in [2.05, 4.69) is 16.9 Å². The summed E-state index contributed by atoms with van der Waals surface area (Å²) < 4.78 is 0. The van der Waals surface area contributed by atoms with Crippen LogP contribution in [0.4, 0.5) is 0 Å². The second-order valence-corrected chi connectivity index (χ2v) is 7.01. The molecule has 1 amide bonds. The van der Waals surface area contributed by atoms with Crippen molar-refractivity contribution in [1.29, 1.82) is 0 Å². The maximum atomic E-state index is 12.9. The molecule has 0 aliphatic carbocycles. The Morgan fingerprint density at radius 3 is 2.32 bits per heavy atom. The minimum absolute atomic E-state index is 0.0533. The van der Waals surface area contributed by atoms with E-state index in [0.717, 1.165) is 37.3 Å². The fourth-order valence-corrected chi connectivity index (χ4v) is 3.28. The monoisotopic (exact) mass is 374 g/mol. The number of carbonyl (C=O) groups excluding carboxylic acids is 1. The molecule has 1 saturated heterocycles. The van der Waals surface area contributed by atoms with Gasteiger partial charge in [-0.2, -0.15) is 0 Å². The molecule has 2 aromatic carbocycles. The summed E-state index contributed by atoms with van der Waals surface area (Å²) in [6.45, 7) is 3.28. The highest BCUT2D eigenvalue weighted by molar-refractivity contribution is 5.95. The molecule has 1 N–H and O–H groups in total. The van der Waals surface area contributed by atoms with E-state index in [0.29, 0.717) is 17.0 Å². The average Bonchev–Trinajstić information content (AvgIpc) is 2.74. The van der Waals surface area contributed by atoms with Crippen LogP contribution in [0.1, 0.15) is 10.4 Å². The molecular formula is C22H22N4O2. The predicted octanol–water partition coefficient (Wildman–Crippen LogP) is 2.90. The number of carbonyl (C=O) groups is 1. The first kappa shape index (κ1) is 18.1. The Balaban J connectivity index is 1.60. The number of aromatic nitrogens is 2. The number of rotatable bonds is 3. The molecular weight excluding hydrogens is 352 g/mol. The molecule has 0 spiro atoms. The van der Waals surface area contributed by atoms with Gasteiger partial charge in [-0.1, -0.05) is 12.1 Å². The Bertz CT molecular complexity index is 980. The largest absolute Gasteiger partial charge is 0.508 e. The van der Waals surface area contributed by atoms with Crippen molar-refractivity contribution in [3.8, 4) is 28.3 Å². The number of phenols is 1.